The second kappa shape index (κ2) is 6.93. The molecule has 0 saturated heterocycles. The highest BCUT2D eigenvalue weighted by atomic mass is 16.2. The van der Waals surface area contributed by atoms with Gasteiger partial charge in [0.05, 0.1) is 11.6 Å². The summed E-state index contributed by atoms with van der Waals surface area (Å²) < 4.78 is 0. The highest BCUT2D eigenvalue weighted by Gasteiger charge is 2.19. The van der Waals surface area contributed by atoms with Gasteiger partial charge in [0.25, 0.3) is 5.91 Å². The van der Waals surface area contributed by atoms with E-state index in [9.17, 15) is 4.79 Å². The third kappa shape index (κ3) is 3.70. The average molecular weight is 332 g/mol. The van der Waals surface area contributed by atoms with Gasteiger partial charge in [-0.2, -0.15) is 10.1 Å². The summed E-state index contributed by atoms with van der Waals surface area (Å²) in [7, 11) is 0. The highest BCUT2D eigenvalue weighted by molar-refractivity contribution is 5.93. The summed E-state index contributed by atoms with van der Waals surface area (Å²) in [6, 6.07) is 15.8. The SMILES string of the molecule is Cc1ccc(-c2nnn(C(C)C(=O)Nc3ccc(C#N)cc3)n2)cc1. The Morgan fingerprint density at radius 1 is 1.16 bits per heavy atom. The predicted molar refractivity (Wildman–Crippen MR) is 92.5 cm³/mol. The predicted octanol–water partition coefficient (Wildman–Crippen LogP) is 2.72. The molecule has 1 amide bonds. The number of rotatable bonds is 4. The molecule has 7 heteroatoms. The van der Waals surface area contributed by atoms with Crippen molar-refractivity contribution < 1.29 is 4.79 Å². The lowest BCUT2D eigenvalue weighted by atomic mass is 10.1. The number of nitriles is 1. The Hall–Kier alpha value is -3.53. The van der Waals surface area contributed by atoms with Gasteiger partial charge in [-0.15, -0.1) is 10.2 Å². The zero-order chi connectivity index (χ0) is 17.8. The van der Waals surface area contributed by atoms with Crippen molar-refractivity contribution in [2.45, 2.75) is 19.9 Å². The minimum Gasteiger partial charge on any atom is -0.324 e. The smallest absolute Gasteiger partial charge is 0.250 e. The molecule has 0 radical (unpaired) electrons. The monoisotopic (exact) mass is 332 g/mol. The van der Waals surface area contributed by atoms with E-state index in [0.29, 0.717) is 17.1 Å². The number of carbonyl (C=O) groups excluding carboxylic acids is 1. The number of nitrogens with zero attached hydrogens (tertiary/aromatic N) is 5. The normalized spacial score (nSPS) is 11.6. The highest BCUT2D eigenvalue weighted by Crippen LogP contribution is 2.16. The fraction of sp³-hybridized carbons (Fsp3) is 0.167. The first-order valence-electron chi connectivity index (χ1n) is 7.74. The third-order valence-electron chi connectivity index (χ3n) is 3.75. The molecule has 124 valence electrons. The number of hydrogen-bond acceptors (Lipinski definition) is 5. The number of amides is 1. The molecule has 3 aromatic rings. The van der Waals surface area contributed by atoms with Crippen LogP contribution in [-0.4, -0.2) is 26.1 Å². The van der Waals surface area contributed by atoms with E-state index in [0.717, 1.165) is 11.1 Å². The lowest BCUT2D eigenvalue weighted by molar-refractivity contribution is -0.119. The zero-order valence-corrected chi connectivity index (χ0v) is 13.8. The average Bonchev–Trinajstić information content (AvgIpc) is 3.12. The minimum absolute atomic E-state index is 0.266. The molecule has 1 heterocycles. The van der Waals surface area contributed by atoms with E-state index < -0.39 is 6.04 Å². The molecular weight excluding hydrogens is 316 g/mol. The van der Waals surface area contributed by atoms with Crippen molar-refractivity contribution >= 4 is 11.6 Å². The molecule has 1 atom stereocenters. The molecule has 3 rings (SSSR count). The summed E-state index contributed by atoms with van der Waals surface area (Å²) in [5, 5.41) is 23.8. The summed E-state index contributed by atoms with van der Waals surface area (Å²) in [6.07, 6.45) is 0. The number of aromatic nitrogens is 4. The standard InChI is InChI=1S/C18H16N6O/c1-12-3-7-15(8-4-12)17-21-23-24(22-17)13(2)18(25)20-16-9-5-14(11-19)6-10-16/h3-10,13H,1-2H3,(H,20,25). The summed E-state index contributed by atoms with van der Waals surface area (Å²) in [4.78, 5) is 13.6. The fourth-order valence-corrected chi connectivity index (χ4v) is 2.19. The molecular formula is C18H16N6O. The van der Waals surface area contributed by atoms with Crippen LogP contribution in [0, 0.1) is 18.3 Å². The van der Waals surface area contributed by atoms with Crippen molar-refractivity contribution in [3.63, 3.8) is 0 Å². The maximum Gasteiger partial charge on any atom is 0.250 e. The summed E-state index contributed by atoms with van der Waals surface area (Å²) in [5.41, 5.74) is 3.13. The van der Waals surface area contributed by atoms with Crippen molar-refractivity contribution in [3.05, 3.63) is 59.7 Å². The van der Waals surface area contributed by atoms with Crippen LogP contribution in [0.4, 0.5) is 5.69 Å². The minimum atomic E-state index is -0.623. The molecule has 2 aromatic carbocycles. The molecule has 1 aromatic heterocycles. The van der Waals surface area contributed by atoms with Crippen LogP contribution in [0.3, 0.4) is 0 Å². The maximum absolute atomic E-state index is 12.4. The number of benzene rings is 2. The fourth-order valence-electron chi connectivity index (χ4n) is 2.19. The Labute approximate surface area is 144 Å². The maximum atomic E-state index is 12.4. The number of nitrogens with one attached hydrogen (secondary N) is 1. The van der Waals surface area contributed by atoms with E-state index in [2.05, 4.69) is 20.7 Å². The van der Waals surface area contributed by atoms with E-state index in [1.54, 1.807) is 31.2 Å². The van der Waals surface area contributed by atoms with E-state index in [-0.39, 0.29) is 5.91 Å². The second-order valence-electron chi connectivity index (χ2n) is 5.65. The topological polar surface area (TPSA) is 96.5 Å². The van der Waals surface area contributed by atoms with Gasteiger partial charge < -0.3 is 5.32 Å². The number of aryl methyl sites for hydroxylation is 1. The van der Waals surface area contributed by atoms with Crippen LogP contribution in [0.5, 0.6) is 0 Å². The first-order chi connectivity index (χ1) is 12.1. The Kier molecular flexibility index (Phi) is 4.53. The molecule has 25 heavy (non-hydrogen) atoms. The van der Waals surface area contributed by atoms with Gasteiger partial charge in [0, 0.05) is 11.3 Å². The van der Waals surface area contributed by atoms with Gasteiger partial charge in [0.15, 0.2) is 0 Å². The Balaban J connectivity index is 1.71. The van der Waals surface area contributed by atoms with Crippen LogP contribution in [-0.2, 0) is 4.79 Å². The van der Waals surface area contributed by atoms with Crippen LogP contribution in [0.15, 0.2) is 48.5 Å². The lowest BCUT2D eigenvalue weighted by Gasteiger charge is -2.10. The molecule has 0 aliphatic carbocycles. The van der Waals surface area contributed by atoms with Gasteiger partial charge in [-0.3, -0.25) is 4.79 Å². The third-order valence-corrected chi connectivity index (χ3v) is 3.75. The van der Waals surface area contributed by atoms with E-state index in [1.807, 2.05) is 37.3 Å². The lowest BCUT2D eigenvalue weighted by Crippen LogP contribution is -2.25. The van der Waals surface area contributed by atoms with E-state index in [1.165, 1.54) is 4.80 Å². The van der Waals surface area contributed by atoms with Gasteiger partial charge in [0.2, 0.25) is 5.82 Å². The van der Waals surface area contributed by atoms with Crippen LogP contribution >= 0.6 is 0 Å². The van der Waals surface area contributed by atoms with Gasteiger partial charge in [0.1, 0.15) is 6.04 Å². The van der Waals surface area contributed by atoms with Crippen molar-refractivity contribution in [3.8, 4) is 17.5 Å². The van der Waals surface area contributed by atoms with Crippen LogP contribution in [0.25, 0.3) is 11.4 Å². The van der Waals surface area contributed by atoms with Gasteiger partial charge in [-0.1, -0.05) is 29.8 Å². The molecule has 0 fully saturated rings. The van der Waals surface area contributed by atoms with Crippen LogP contribution in [0.1, 0.15) is 24.1 Å². The Bertz CT molecular complexity index is 921. The number of hydrogen-bond donors (Lipinski definition) is 1. The van der Waals surface area contributed by atoms with Crippen molar-refractivity contribution in [2.75, 3.05) is 5.32 Å². The number of carbonyl (C=O) groups is 1. The molecule has 7 nitrogen and oxygen atoms in total. The largest absolute Gasteiger partial charge is 0.324 e. The van der Waals surface area contributed by atoms with Gasteiger partial charge >= 0.3 is 0 Å². The molecule has 0 saturated carbocycles. The number of tetrazole rings is 1. The Morgan fingerprint density at radius 2 is 1.84 bits per heavy atom. The second-order valence-corrected chi connectivity index (χ2v) is 5.65. The van der Waals surface area contributed by atoms with E-state index in [4.69, 9.17) is 5.26 Å². The first kappa shape index (κ1) is 16.3. The first-order valence-corrected chi connectivity index (χ1v) is 7.74. The van der Waals surface area contributed by atoms with Crippen molar-refractivity contribution in [1.29, 1.82) is 5.26 Å². The van der Waals surface area contributed by atoms with Gasteiger partial charge in [-0.25, -0.2) is 0 Å². The zero-order valence-electron chi connectivity index (χ0n) is 13.8. The quantitative estimate of drug-likeness (QED) is 0.792. The van der Waals surface area contributed by atoms with Crippen molar-refractivity contribution in [1.82, 2.24) is 20.2 Å². The summed E-state index contributed by atoms with van der Waals surface area (Å²) in [5.74, 6) is 0.204. The van der Waals surface area contributed by atoms with E-state index >= 15 is 0 Å². The van der Waals surface area contributed by atoms with Crippen LogP contribution < -0.4 is 5.32 Å². The van der Waals surface area contributed by atoms with Crippen molar-refractivity contribution in [2.24, 2.45) is 0 Å². The summed E-state index contributed by atoms with van der Waals surface area (Å²) in [6.45, 7) is 3.70. The van der Waals surface area contributed by atoms with Crippen LogP contribution in [0.2, 0.25) is 0 Å². The van der Waals surface area contributed by atoms with Gasteiger partial charge in [-0.05, 0) is 43.3 Å². The molecule has 0 aliphatic heterocycles. The summed E-state index contributed by atoms with van der Waals surface area (Å²) >= 11 is 0. The molecule has 0 spiro atoms. The molecule has 0 bridgehead atoms. The molecule has 1 N–H and O–H groups in total. The Morgan fingerprint density at radius 3 is 2.48 bits per heavy atom. The molecule has 1 unspecified atom stereocenters. The molecule has 0 aliphatic rings. The number of anilines is 1.